The lowest BCUT2D eigenvalue weighted by Gasteiger charge is -2.36. The second-order valence-electron chi connectivity index (χ2n) is 5.93. The molecule has 0 aromatic heterocycles. The molecule has 1 N–H and O–H groups in total. The lowest BCUT2D eigenvalue weighted by atomic mass is 9.89. The number of nitrogens with zero attached hydrogens (tertiary/aromatic N) is 2. The highest BCUT2D eigenvalue weighted by Crippen LogP contribution is 2.24. The first-order chi connectivity index (χ1) is 8.25. The normalized spacial score (nSPS) is 18.2. The van der Waals surface area contributed by atoms with Crippen LogP contribution in [0, 0.1) is 11.3 Å². The van der Waals surface area contributed by atoms with Gasteiger partial charge in [-0.15, -0.1) is 0 Å². The Bertz CT molecular complexity index is 318. The number of hydrogen-bond acceptors (Lipinski definition) is 3. The summed E-state index contributed by atoms with van der Waals surface area (Å²) in [5.41, 5.74) is -1.31. The first kappa shape index (κ1) is 15.0. The molecule has 0 spiro atoms. The fraction of sp³-hybridized carbons (Fsp3) is 0.846. The smallest absolute Gasteiger partial charge is 0.318 e. The molecule has 1 heterocycles. The van der Waals surface area contributed by atoms with Gasteiger partial charge in [0.2, 0.25) is 5.91 Å². The van der Waals surface area contributed by atoms with Crippen molar-refractivity contribution in [3.05, 3.63) is 0 Å². The van der Waals surface area contributed by atoms with E-state index < -0.39 is 11.4 Å². The topological polar surface area (TPSA) is 60.9 Å². The molecule has 5 nitrogen and oxygen atoms in total. The second-order valence-corrected chi connectivity index (χ2v) is 5.93. The number of likely N-dealkylation sites (tertiary alicyclic amines) is 1. The maximum absolute atomic E-state index is 12.1. The van der Waals surface area contributed by atoms with Crippen LogP contribution in [0.15, 0.2) is 0 Å². The lowest BCUT2D eigenvalue weighted by Crippen LogP contribution is -2.48. The Morgan fingerprint density at radius 1 is 1.28 bits per heavy atom. The molecule has 1 aliphatic heterocycles. The van der Waals surface area contributed by atoms with Gasteiger partial charge in [0.15, 0.2) is 0 Å². The van der Waals surface area contributed by atoms with Crippen LogP contribution in [0.25, 0.3) is 0 Å². The van der Waals surface area contributed by atoms with Crippen molar-refractivity contribution in [2.24, 2.45) is 11.3 Å². The molecule has 1 fully saturated rings. The van der Waals surface area contributed by atoms with E-state index in [1.54, 1.807) is 4.90 Å². The maximum atomic E-state index is 12.1. The van der Waals surface area contributed by atoms with Crippen molar-refractivity contribution in [1.82, 2.24) is 9.80 Å². The third-order valence-electron chi connectivity index (χ3n) is 3.59. The molecule has 5 heteroatoms. The monoisotopic (exact) mass is 256 g/mol. The molecule has 0 atom stereocenters. The van der Waals surface area contributed by atoms with E-state index in [1.165, 1.54) is 13.8 Å². The maximum Gasteiger partial charge on any atom is 0.318 e. The van der Waals surface area contributed by atoms with Gasteiger partial charge in [0.1, 0.15) is 5.41 Å². The number of aliphatic carboxylic acids is 1. The largest absolute Gasteiger partial charge is 0.480 e. The van der Waals surface area contributed by atoms with E-state index in [-0.39, 0.29) is 5.91 Å². The van der Waals surface area contributed by atoms with Crippen molar-refractivity contribution >= 4 is 11.9 Å². The highest BCUT2D eigenvalue weighted by Gasteiger charge is 2.40. The van der Waals surface area contributed by atoms with Crippen LogP contribution in [0.5, 0.6) is 0 Å². The lowest BCUT2D eigenvalue weighted by molar-refractivity contribution is -0.158. The molecule has 18 heavy (non-hydrogen) atoms. The van der Waals surface area contributed by atoms with E-state index in [0.29, 0.717) is 19.0 Å². The van der Waals surface area contributed by atoms with Crippen LogP contribution in [-0.2, 0) is 9.59 Å². The van der Waals surface area contributed by atoms with Crippen molar-refractivity contribution in [2.45, 2.75) is 26.7 Å². The van der Waals surface area contributed by atoms with Crippen LogP contribution in [0.1, 0.15) is 26.7 Å². The minimum Gasteiger partial charge on any atom is -0.480 e. The summed E-state index contributed by atoms with van der Waals surface area (Å²) < 4.78 is 0. The Balaban J connectivity index is 2.53. The zero-order chi connectivity index (χ0) is 13.9. The Kier molecular flexibility index (Phi) is 4.73. The molecular formula is C13H24N2O3. The Hall–Kier alpha value is -1.10. The van der Waals surface area contributed by atoms with E-state index in [1.807, 2.05) is 14.1 Å². The Labute approximate surface area is 109 Å². The quantitative estimate of drug-likeness (QED) is 0.759. The van der Waals surface area contributed by atoms with Gasteiger partial charge in [0.05, 0.1) is 0 Å². The first-order valence-corrected chi connectivity index (χ1v) is 6.42. The summed E-state index contributed by atoms with van der Waals surface area (Å²) in [6, 6.07) is 0. The molecule has 0 aromatic carbocycles. The number of piperidine rings is 1. The van der Waals surface area contributed by atoms with Crippen LogP contribution in [0.3, 0.4) is 0 Å². The van der Waals surface area contributed by atoms with Crippen molar-refractivity contribution < 1.29 is 14.7 Å². The van der Waals surface area contributed by atoms with Crippen LogP contribution < -0.4 is 0 Å². The number of hydrogen-bond donors (Lipinski definition) is 1. The summed E-state index contributed by atoms with van der Waals surface area (Å²) >= 11 is 0. The average Bonchev–Trinajstić information content (AvgIpc) is 2.28. The fourth-order valence-corrected chi connectivity index (χ4v) is 2.32. The highest BCUT2D eigenvalue weighted by molar-refractivity contribution is 6.00. The molecule has 104 valence electrons. The minimum absolute atomic E-state index is 0.265. The highest BCUT2D eigenvalue weighted by atomic mass is 16.4. The number of carbonyl (C=O) groups is 2. The van der Waals surface area contributed by atoms with Crippen molar-refractivity contribution in [1.29, 1.82) is 0 Å². The zero-order valence-corrected chi connectivity index (χ0v) is 11.8. The van der Waals surface area contributed by atoms with E-state index in [9.17, 15) is 9.59 Å². The van der Waals surface area contributed by atoms with E-state index in [2.05, 4.69) is 4.90 Å². The minimum atomic E-state index is -1.31. The summed E-state index contributed by atoms with van der Waals surface area (Å²) in [4.78, 5) is 27.0. The first-order valence-electron chi connectivity index (χ1n) is 6.42. The Morgan fingerprint density at radius 2 is 1.78 bits per heavy atom. The van der Waals surface area contributed by atoms with Gasteiger partial charge in [-0.2, -0.15) is 0 Å². The third-order valence-corrected chi connectivity index (χ3v) is 3.59. The number of rotatable bonds is 4. The van der Waals surface area contributed by atoms with Gasteiger partial charge in [-0.25, -0.2) is 0 Å². The SMILES string of the molecule is CN(C)CC1CCN(C(=O)C(C)(C)C(=O)O)CC1. The summed E-state index contributed by atoms with van der Waals surface area (Å²) in [5.74, 6) is -0.710. The van der Waals surface area contributed by atoms with Crippen LogP contribution in [-0.4, -0.2) is 60.5 Å². The van der Waals surface area contributed by atoms with Crippen molar-refractivity contribution in [3.8, 4) is 0 Å². The third kappa shape index (κ3) is 3.45. The second kappa shape index (κ2) is 5.69. The number of carboxylic acids is 1. The van der Waals surface area contributed by atoms with Gasteiger partial charge in [-0.3, -0.25) is 9.59 Å². The van der Waals surface area contributed by atoms with Crippen molar-refractivity contribution in [3.63, 3.8) is 0 Å². The Morgan fingerprint density at radius 3 is 2.17 bits per heavy atom. The number of amides is 1. The molecular weight excluding hydrogens is 232 g/mol. The predicted molar refractivity (Wildman–Crippen MR) is 69.3 cm³/mol. The molecule has 0 unspecified atom stereocenters. The zero-order valence-electron chi connectivity index (χ0n) is 11.8. The number of carboxylic acid groups (broad SMARTS) is 1. The van der Waals surface area contributed by atoms with Gasteiger partial charge >= 0.3 is 5.97 Å². The molecule has 0 aromatic rings. The van der Waals surface area contributed by atoms with E-state index >= 15 is 0 Å². The van der Waals surface area contributed by atoms with Crippen LogP contribution in [0.2, 0.25) is 0 Å². The van der Waals surface area contributed by atoms with E-state index in [0.717, 1.165) is 19.4 Å². The van der Waals surface area contributed by atoms with Crippen LogP contribution >= 0.6 is 0 Å². The van der Waals surface area contributed by atoms with Crippen LogP contribution in [0.4, 0.5) is 0 Å². The summed E-state index contributed by atoms with van der Waals surface area (Å²) in [5, 5.41) is 9.06. The van der Waals surface area contributed by atoms with Gasteiger partial charge in [-0.1, -0.05) is 0 Å². The van der Waals surface area contributed by atoms with Gasteiger partial charge in [0, 0.05) is 19.6 Å². The molecule has 0 aliphatic carbocycles. The fourth-order valence-electron chi connectivity index (χ4n) is 2.32. The summed E-state index contributed by atoms with van der Waals surface area (Å²) in [6.45, 7) is 5.33. The molecule has 0 radical (unpaired) electrons. The molecule has 1 rings (SSSR count). The van der Waals surface area contributed by atoms with Gasteiger partial charge < -0.3 is 14.9 Å². The molecule has 0 bridgehead atoms. The summed E-state index contributed by atoms with van der Waals surface area (Å²) in [7, 11) is 4.09. The standard InChI is InChI=1S/C13H24N2O3/c1-13(2,12(17)18)11(16)15-7-5-10(6-8-15)9-14(3)4/h10H,5-9H2,1-4H3,(H,17,18). The average molecular weight is 256 g/mol. The molecule has 0 saturated carbocycles. The molecule has 1 saturated heterocycles. The van der Waals surface area contributed by atoms with E-state index in [4.69, 9.17) is 5.11 Å². The molecule has 1 amide bonds. The molecule has 1 aliphatic rings. The predicted octanol–water partition coefficient (Wildman–Crippen LogP) is 0.897. The summed E-state index contributed by atoms with van der Waals surface area (Å²) in [6.07, 6.45) is 1.92. The van der Waals surface area contributed by atoms with Gasteiger partial charge in [-0.05, 0) is 46.7 Å². The van der Waals surface area contributed by atoms with Gasteiger partial charge in [0.25, 0.3) is 0 Å². The number of carbonyl (C=O) groups excluding carboxylic acids is 1. The van der Waals surface area contributed by atoms with Crippen molar-refractivity contribution in [2.75, 3.05) is 33.7 Å².